The topological polar surface area (TPSA) is 0 Å². The number of alkyl halides is 1. The molecule has 0 spiro atoms. The molecule has 78 valence electrons. The summed E-state index contributed by atoms with van der Waals surface area (Å²) in [5.41, 5.74) is 0.443. The zero-order valence-corrected chi connectivity index (χ0v) is 12.1. The summed E-state index contributed by atoms with van der Waals surface area (Å²) in [6.45, 7) is 9.32. The third-order valence-electron chi connectivity index (χ3n) is 2.14. The van der Waals surface area contributed by atoms with Crippen molar-refractivity contribution in [2.45, 2.75) is 43.0 Å². The Hall–Kier alpha value is 1.18. The lowest BCUT2D eigenvalue weighted by Gasteiger charge is -2.35. The summed E-state index contributed by atoms with van der Waals surface area (Å²) in [5, 5.41) is 0. The molecule has 0 aromatic heterocycles. The summed E-state index contributed by atoms with van der Waals surface area (Å²) >= 11 is 8.01. The van der Waals surface area contributed by atoms with Gasteiger partial charge >= 0.3 is 0 Å². The van der Waals surface area contributed by atoms with Gasteiger partial charge in [0, 0.05) is 15.8 Å². The fourth-order valence-corrected chi connectivity index (χ4v) is 5.93. The van der Waals surface area contributed by atoms with Gasteiger partial charge in [0.1, 0.15) is 0 Å². The molecule has 1 saturated heterocycles. The molecule has 0 amide bonds. The van der Waals surface area contributed by atoms with Crippen molar-refractivity contribution in [3.8, 4) is 0 Å². The van der Waals surface area contributed by atoms with Crippen LogP contribution >= 0.6 is 39.5 Å². The van der Waals surface area contributed by atoms with Crippen LogP contribution in [0.25, 0.3) is 0 Å². The van der Waals surface area contributed by atoms with E-state index in [1.807, 2.05) is 0 Å². The lowest BCUT2D eigenvalue weighted by molar-refractivity contribution is 0.338. The van der Waals surface area contributed by atoms with Crippen molar-refractivity contribution in [2.75, 3.05) is 11.5 Å². The molecule has 0 aromatic carbocycles. The summed E-state index contributed by atoms with van der Waals surface area (Å²) in [7, 11) is 0. The van der Waals surface area contributed by atoms with Crippen LogP contribution in [0.15, 0.2) is 0 Å². The van der Waals surface area contributed by atoms with Gasteiger partial charge in [0.2, 0.25) is 0 Å². The minimum atomic E-state index is 0.278. The molecule has 1 aliphatic heterocycles. The lowest BCUT2D eigenvalue weighted by atomic mass is 9.85. The molecule has 3 heteroatoms. The van der Waals surface area contributed by atoms with Gasteiger partial charge in [0.15, 0.2) is 0 Å². The smallest absolute Gasteiger partial charge is 0.0554 e. The Balaban J connectivity index is 2.53. The Morgan fingerprint density at radius 3 is 2.00 bits per heavy atom. The molecule has 0 unspecified atom stereocenters. The van der Waals surface area contributed by atoms with Crippen LogP contribution in [0.3, 0.4) is 0 Å². The summed E-state index contributed by atoms with van der Waals surface area (Å²) in [6, 6.07) is 0. The van der Waals surface area contributed by atoms with Crippen molar-refractivity contribution in [3.63, 3.8) is 0 Å². The first-order valence-corrected chi connectivity index (χ1v) is 7.62. The van der Waals surface area contributed by atoms with Crippen molar-refractivity contribution < 1.29 is 0 Å². The third-order valence-corrected chi connectivity index (χ3v) is 6.25. The highest BCUT2D eigenvalue weighted by Crippen LogP contribution is 2.48. The summed E-state index contributed by atoms with van der Waals surface area (Å²) < 4.78 is 1.07. The maximum absolute atomic E-state index is 3.74. The SMILES string of the molecule is CC(C)(Br)CC(C)(C)C1SCCS1. The van der Waals surface area contributed by atoms with Gasteiger partial charge in [0.05, 0.1) is 4.58 Å². The molecule has 13 heavy (non-hydrogen) atoms. The van der Waals surface area contributed by atoms with Gasteiger partial charge in [-0.3, -0.25) is 0 Å². The van der Waals surface area contributed by atoms with Crippen LogP contribution < -0.4 is 0 Å². The predicted octanol–water partition coefficient (Wildman–Crippen LogP) is 4.38. The first kappa shape index (κ1) is 12.3. The largest absolute Gasteiger partial charge is 0.146 e. The monoisotopic (exact) mass is 282 g/mol. The van der Waals surface area contributed by atoms with Gasteiger partial charge in [-0.25, -0.2) is 0 Å². The van der Waals surface area contributed by atoms with Gasteiger partial charge < -0.3 is 0 Å². The summed E-state index contributed by atoms with van der Waals surface area (Å²) in [5.74, 6) is 2.67. The van der Waals surface area contributed by atoms with Gasteiger partial charge in [-0.05, 0) is 11.8 Å². The summed E-state index contributed by atoms with van der Waals surface area (Å²) in [6.07, 6.45) is 1.24. The Labute approximate surface area is 99.1 Å². The average Bonchev–Trinajstić information content (AvgIpc) is 2.29. The lowest BCUT2D eigenvalue weighted by Crippen LogP contribution is -2.29. The maximum Gasteiger partial charge on any atom is 0.0554 e. The highest BCUT2D eigenvalue weighted by molar-refractivity contribution is 9.10. The van der Waals surface area contributed by atoms with Crippen molar-refractivity contribution in [1.29, 1.82) is 0 Å². The maximum atomic E-state index is 3.74. The molecule has 1 fully saturated rings. The number of hydrogen-bond donors (Lipinski definition) is 0. The second-order valence-corrected chi connectivity index (χ2v) is 9.83. The van der Waals surface area contributed by atoms with Crippen molar-refractivity contribution in [1.82, 2.24) is 0 Å². The molecular weight excluding hydrogens is 264 g/mol. The number of thioether (sulfide) groups is 2. The molecule has 0 aliphatic carbocycles. The second-order valence-electron chi connectivity index (χ2n) is 4.96. The van der Waals surface area contributed by atoms with Crippen LogP contribution in [-0.4, -0.2) is 20.4 Å². The predicted molar refractivity (Wildman–Crippen MR) is 70.1 cm³/mol. The molecule has 0 N–H and O–H groups in total. The van der Waals surface area contributed by atoms with Crippen LogP contribution in [0.5, 0.6) is 0 Å². The fourth-order valence-electron chi connectivity index (χ4n) is 1.98. The van der Waals surface area contributed by atoms with E-state index >= 15 is 0 Å². The Kier molecular flexibility index (Phi) is 4.11. The van der Waals surface area contributed by atoms with Crippen molar-refractivity contribution >= 4 is 39.5 Å². The van der Waals surface area contributed by atoms with E-state index in [1.54, 1.807) is 0 Å². The second kappa shape index (κ2) is 4.36. The standard InChI is InChI=1S/C10H19BrS2/c1-9(2,7-10(3,4)11)8-12-5-6-13-8/h8H,5-7H2,1-4H3. The molecule has 1 rings (SSSR count). The zero-order chi connectivity index (χ0) is 10.1. The zero-order valence-electron chi connectivity index (χ0n) is 8.89. The third kappa shape index (κ3) is 4.05. The van der Waals surface area contributed by atoms with E-state index in [2.05, 4.69) is 67.1 Å². The van der Waals surface area contributed by atoms with Crippen molar-refractivity contribution in [2.24, 2.45) is 5.41 Å². The number of rotatable bonds is 3. The van der Waals surface area contributed by atoms with E-state index in [9.17, 15) is 0 Å². The van der Waals surface area contributed by atoms with E-state index in [-0.39, 0.29) is 4.32 Å². The van der Waals surface area contributed by atoms with Gasteiger partial charge in [-0.15, -0.1) is 23.5 Å². The van der Waals surface area contributed by atoms with Crippen molar-refractivity contribution in [3.05, 3.63) is 0 Å². The van der Waals surface area contributed by atoms with Crippen LogP contribution in [0.4, 0.5) is 0 Å². The molecule has 0 radical (unpaired) electrons. The highest BCUT2D eigenvalue weighted by Gasteiger charge is 2.36. The van der Waals surface area contributed by atoms with Gasteiger partial charge in [-0.1, -0.05) is 43.6 Å². The highest BCUT2D eigenvalue weighted by atomic mass is 79.9. The van der Waals surface area contributed by atoms with Gasteiger partial charge in [0.25, 0.3) is 0 Å². The fraction of sp³-hybridized carbons (Fsp3) is 1.00. The Morgan fingerprint density at radius 2 is 1.62 bits per heavy atom. The molecule has 0 atom stereocenters. The van der Waals surface area contributed by atoms with Crippen LogP contribution in [0, 0.1) is 5.41 Å². The van der Waals surface area contributed by atoms with Crippen LogP contribution in [0.2, 0.25) is 0 Å². The molecule has 0 saturated carbocycles. The van der Waals surface area contributed by atoms with E-state index in [1.165, 1.54) is 17.9 Å². The summed E-state index contributed by atoms with van der Waals surface area (Å²) in [4.78, 5) is 0. The number of halogens is 1. The van der Waals surface area contributed by atoms with Crippen LogP contribution in [-0.2, 0) is 0 Å². The first-order valence-electron chi connectivity index (χ1n) is 4.73. The minimum Gasteiger partial charge on any atom is -0.146 e. The first-order chi connectivity index (χ1) is 5.81. The van der Waals surface area contributed by atoms with E-state index in [0.717, 1.165) is 4.58 Å². The Morgan fingerprint density at radius 1 is 1.15 bits per heavy atom. The van der Waals surface area contributed by atoms with Crippen LogP contribution in [0.1, 0.15) is 34.1 Å². The molecular formula is C10H19BrS2. The quantitative estimate of drug-likeness (QED) is 0.705. The Bertz CT molecular complexity index is 166. The normalized spacial score (nSPS) is 21.0. The number of hydrogen-bond acceptors (Lipinski definition) is 2. The molecule has 1 aliphatic rings. The molecule has 0 nitrogen and oxygen atoms in total. The van der Waals surface area contributed by atoms with E-state index < -0.39 is 0 Å². The molecule has 0 bridgehead atoms. The van der Waals surface area contributed by atoms with Gasteiger partial charge in [-0.2, -0.15) is 0 Å². The minimum absolute atomic E-state index is 0.278. The molecule has 0 aromatic rings. The van der Waals surface area contributed by atoms with E-state index in [4.69, 9.17) is 0 Å². The van der Waals surface area contributed by atoms with E-state index in [0.29, 0.717) is 5.41 Å². The average molecular weight is 283 g/mol. The molecule has 1 heterocycles.